The molecule has 0 saturated carbocycles. The molecule has 0 heterocycles. The minimum absolute atomic E-state index is 0.00370. The van der Waals surface area contributed by atoms with Crippen LogP contribution in [0, 0.1) is 0 Å². The van der Waals surface area contributed by atoms with Crippen LogP contribution < -0.4 is 0 Å². The monoisotopic (exact) mass is 254 g/mol. The standard InChI is InChI=1S/C17H18O2/c1-3-13-8-7-11-15(12-13)16(18)17(19-2)14-9-5-4-6-10-14/h4-12,17H,3H2,1-2H3. The van der Waals surface area contributed by atoms with Crippen molar-refractivity contribution in [2.24, 2.45) is 0 Å². The molecule has 2 rings (SSSR count). The van der Waals surface area contributed by atoms with Crippen molar-refractivity contribution in [2.75, 3.05) is 7.11 Å². The van der Waals surface area contributed by atoms with Gasteiger partial charge in [0.05, 0.1) is 0 Å². The van der Waals surface area contributed by atoms with Crippen molar-refractivity contribution < 1.29 is 9.53 Å². The number of ether oxygens (including phenoxy) is 1. The van der Waals surface area contributed by atoms with Gasteiger partial charge in [0.15, 0.2) is 5.78 Å². The predicted octanol–water partition coefficient (Wildman–Crippen LogP) is 3.82. The normalized spacial score (nSPS) is 12.1. The Labute approximate surface area is 114 Å². The molecule has 0 spiro atoms. The number of hydrogen-bond donors (Lipinski definition) is 0. The van der Waals surface area contributed by atoms with Gasteiger partial charge in [0.2, 0.25) is 0 Å². The number of methoxy groups -OCH3 is 1. The molecule has 2 nitrogen and oxygen atoms in total. The molecule has 0 aliphatic rings. The van der Waals surface area contributed by atoms with Crippen molar-refractivity contribution in [1.82, 2.24) is 0 Å². The summed E-state index contributed by atoms with van der Waals surface area (Å²) in [5.74, 6) is 0.00370. The molecule has 0 saturated heterocycles. The van der Waals surface area contributed by atoms with Crippen LogP contribution >= 0.6 is 0 Å². The van der Waals surface area contributed by atoms with Crippen LogP contribution in [0.2, 0.25) is 0 Å². The van der Waals surface area contributed by atoms with E-state index in [9.17, 15) is 4.79 Å². The molecule has 0 fully saturated rings. The number of Topliss-reactive ketones (excluding diaryl/α,β-unsaturated/α-hetero) is 1. The Morgan fingerprint density at radius 1 is 1.11 bits per heavy atom. The van der Waals surface area contributed by atoms with Gasteiger partial charge in [-0.05, 0) is 23.6 Å². The van der Waals surface area contributed by atoms with E-state index in [2.05, 4.69) is 6.92 Å². The van der Waals surface area contributed by atoms with Crippen LogP contribution in [0.3, 0.4) is 0 Å². The Morgan fingerprint density at radius 2 is 1.84 bits per heavy atom. The number of carbonyl (C=O) groups is 1. The maximum atomic E-state index is 12.5. The van der Waals surface area contributed by atoms with E-state index in [4.69, 9.17) is 4.74 Å². The van der Waals surface area contributed by atoms with Gasteiger partial charge in [-0.25, -0.2) is 0 Å². The molecular formula is C17H18O2. The Hall–Kier alpha value is -1.93. The summed E-state index contributed by atoms with van der Waals surface area (Å²) in [7, 11) is 1.57. The first-order chi connectivity index (χ1) is 9.26. The lowest BCUT2D eigenvalue weighted by Crippen LogP contribution is -2.15. The third-order valence-electron chi connectivity index (χ3n) is 3.20. The molecule has 0 amide bonds. The third-order valence-corrected chi connectivity index (χ3v) is 3.20. The van der Waals surface area contributed by atoms with Crippen LogP contribution in [-0.4, -0.2) is 12.9 Å². The lowest BCUT2D eigenvalue weighted by Gasteiger charge is -2.15. The summed E-state index contributed by atoms with van der Waals surface area (Å²) in [6.07, 6.45) is 0.387. The highest BCUT2D eigenvalue weighted by Gasteiger charge is 2.21. The molecule has 0 aliphatic carbocycles. The number of ketones is 1. The van der Waals surface area contributed by atoms with Crippen molar-refractivity contribution in [3.8, 4) is 0 Å². The number of rotatable bonds is 5. The quantitative estimate of drug-likeness (QED) is 0.758. The second-order valence-corrected chi connectivity index (χ2v) is 4.44. The number of hydrogen-bond acceptors (Lipinski definition) is 2. The van der Waals surface area contributed by atoms with E-state index in [1.807, 2.05) is 54.6 Å². The molecule has 0 aliphatic heterocycles. The first kappa shape index (κ1) is 13.5. The fourth-order valence-electron chi connectivity index (χ4n) is 2.12. The second kappa shape index (κ2) is 6.30. The highest BCUT2D eigenvalue weighted by Crippen LogP contribution is 2.22. The van der Waals surface area contributed by atoms with Crippen LogP contribution in [0.25, 0.3) is 0 Å². The van der Waals surface area contributed by atoms with Crippen molar-refractivity contribution in [1.29, 1.82) is 0 Å². The summed E-state index contributed by atoms with van der Waals surface area (Å²) in [6, 6.07) is 17.3. The maximum Gasteiger partial charge on any atom is 0.196 e. The van der Waals surface area contributed by atoms with Crippen LogP contribution in [0.4, 0.5) is 0 Å². The average molecular weight is 254 g/mol. The molecule has 19 heavy (non-hydrogen) atoms. The molecule has 2 aromatic carbocycles. The first-order valence-electron chi connectivity index (χ1n) is 6.47. The fourth-order valence-corrected chi connectivity index (χ4v) is 2.12. The molecule has 0 radical (unpaired) electrons. The fraction of sp³-hybridized carbons (Fsp3) is 0.235. The average Bonchev–Trinajstić information content (AvgIpc) is 2.49. The van der Waals surface area contributed by atoms with Gasteiger partial charge >= 0.3 is 0 Å². The minimum atomic E-state index is -0.534. The van der Waals surface area contributed by atoms with Gasteiger partial charge in [0.1, 0.15) is 6.10 Å². The van der Waals surface area contributed by atoms with Crippen molar-refractivity contribution in [3.63, 3.8) is 0 Å². The van der Waals surface area contributed by atoms with E-state index in [0.29, 0.717) is 5.56 Å². The lowest BCUT2D eigenvalue weighted by molar-refractivity contribution is 0.0604. The van der Waals surface area contributed by atoms with E-state index in [0.717, 1.165) is 17.5 Å². The van der Waals surface area contributed by atoms with E-state index in [1.54, 1.807) is 7.11 Å². The van der Waals surface area contributed by atoms with Gasteiger partial charge in [-0.2, -0.15) is 0 Å². The first-order valence-corrected chi connectivity index (χ1v) is 6.47. The minimum Gasteiger partial charge on any atom is -0.369 e. The van der Waals surface area contributed by atoms with Gasteiger partial charge in [0, 0.05) is 12.7 Å². The zero-order chi connectivity index (χ0) is 13.7. The van der Waals surface area contributed by atoms with Gasteiger partial charge in [-0.1, -0.05) is 55.5 Å². The molecule has 0 bridgehead atoms. The molecule has 0 aromatic heterocycles. The molecule has 2 aromatic rings. The van der Waals surface area contributed by atoms with E-state index in [1.165, 1.54) is 0 Å². The molecular weight excluding hydrogens is 236 g/mol. The zero-order valence-electron chi connectivity index (χ0n) is 11.3. The van der Waals surface area contributed by atoms with E-state index < -0.39 is 6.10 Å². The highest BCUT2D eigenvalue weighted by molar-refractivity contribution is 6.00. The molecule has 98 valence electrons. The Kier molecular flexibility index (Phi) is 4.48. The third kappa shape index (κ3) is 3.09. The second-order valence-electron chi connectivity index (χ2n) is 4.44. The summed E-state index contributed by atoms with van der Waals surface area (Å²) in [6.45, 7) is 2.08. The highest BCUT2D eigenvalue weighted by atomic mass is 16.5. The van der Waals surface area contributed by atoms with Crippen LogP contribution in [-0.2, 0) is 11.2 Å². The molecule has 0 N–H and O–H groups in total. The number of carbonyl (C=O) groups excluding carboxylic acids is 1. The summed E-state index contributed by atoms with van der Waals surface area (Å²) in [5, 5.41) is 0. The van der Waals surface area contributed by atoms with Crippen LogP contribution in [0.5, 0.6) is 0 Å². The predicted molar refractivity (Wildman–Crippen MR) is 76.3 cm³/mol. The largest absolute Gasteiger partial charge is 0.369 e. The van der Waals surface area contributed by atoms with Gasteiger partial charge in [-0.15, -0.1) is 0 Å². The molecule has 2 heteroatoms. The van der Waals surface area contributed by atoms with Crippen LogP contribution in [0.15, 0.2) is 54.6 Å². The lowest BCUT2D eigenvalue weighted by atomic mass is 9.98. The van der Waals surface area contributed by atoms with Crippen molar-refractivity contribution in [3.05, 3.63) is 71.3 Å². The zero-order valence-corrected chi connectivity index (χ0v) is 11.3. The topological polar surface area (TPSA) is 26.3 Å². The van der Waals surface area contributed by atoms with E-state index in [-0.39, 0.29) is 5.78 Å². The van der Waals surface area contributed by atoms with Crippen molar-refractivity contribution in [2.45, 2.75) is 19.4 Å². The summed E-state index contributed by atoms with van der Waals surface area (Å²) < 4.78 is 5.38. The Morgan fingerprint density at radius 3 is 2.47 bits per heavy atom. The smallest absolute Gasteiger partial charge is 0.196 e. The van der Waals surface area contributed by atoms with Crippen molar-refractivity contribution >= 4 is 5.78 Å². The summed E-state index contributed by atoms with van der Waals surface area (Å²) in [4.78, 5) is 12.5. The molecule has 1 atom stereocenters. The molecule has 1 unspecified atom stereocenters. The van der Waals surface area contributed by atoms with Gasteiger partial charge in [0.25, 0.3) is 0 Å². The summed E-state index contributed by atoms with van der Waals surface area (Å²) >= 11 is 0. The van der Waals surface area contributed by atoms with Crippen LogP contribution in [0.1, 0.15) is 34.5 Å². The van der Waals surface area contributed by atoms with Gasteiger partial charge < -0.3 is 4.74 Å². The van der Waals surface area contributed by atoms with Gasteiger partial charge in [-0.3, -0.25) is 4.79 Å². The Balaban J connectivity index is 2.30. The number of benzene rings is 2. The summed E-state index contributed by atoms with van der Waals surface area (Å²) in [5.41, 5.74) is 2.75. The Bertz CT molecular complexity index is 546. The number of aryl methyl sites for hydroxylation is 1. The van der Waals surface area contributed by atoms with E-state index >= 15 is 0 Å². The SMILES string of the molecule is CCc1cccc(C(=O)C(OC)c2ccccc2)c1. The maximum absolute atomic E-state index is 12.5.